The number of alkyl halides is 3. The van der Waals surface area contributed by atoms with Crippen LogP contribution in [-0.4, -0.2) is 34.4 Å². The Labute approximate surface area is 168 Å². The quantitative estimate of drug-likeness (QED) is 0.602. The molecule has 3 heterocycles. The van der Waals surface area contributed by atoms with Crippen LogP contribution in [0.1, 0.15) is 35.7 Å². The van der Waals surface area contributed by atoms with Crippen LogP contribution in [0.2, 0.25) is 0 Å². The van der Waals surface area contributed by atoms with Crippen LogP contribution in [0.25, 0.3) is 11.0 Å². The van der Waals surface area contributed by atoms with Gasteiger partial charge in [-0.15, -0.1) is 0 Å². The van der Waals surface area contributed by atoms with Crippen LogP contribution in [0.4, 0.5) is 23.4 Å². The monoisotopic (exact) mass is 443 g/mol. The maximum atomic E-state index is 13.6. The molecule has 2 aromatic heterocycles. The normalized spacial score (nSPS) is 18.3. The number of rotatable bonds is 4. The number of H-pyrrole nitrogens is 1. The topological polar surface area (TPSA) is 105 Å². The summed E-state index contributed by atoms with van der Waals surface area (Å²) in [6.07, 6.45) is -3.93. The molecular weight excluding hydrogens is 426 g/mol. The van der Waals surface area contributed by atoms with Crippen LogP contribution in [0, 0.1) is 5.82 Å². The van der Waals surface area contributed by atoms with Crippen molar-refractivity contribution >= 4 is 26.9 Å². The summed E-state index contributed by atoms with van der Waals surface area (Å²) in [7, 11) is -3.88. The number of sulfonamides is 1. The van der Waals surface area contributed by atoms with Crippen molar-refractivity contribution in [3.05, 3.63) is 53.0 Å². The van der Waals surface area contributed by atoms with E-state index in [1.54, 1.807) is 0 Å². The van der Waals surface area contributed by atoms with Crippen molar-refractivity contribution in [2.75, 3.05) is 12.3 Å². The fourth-order valence-corrected chi connectivity index (χ4v) is 5.49. The van der Waals surface area contributed by atoms with Crippen LogP contribution in [0.15, 0.2) is 30.3 Å². The summed E-state index contributed by atoms with van der Waals surface area (Å²) in [4.78, 5) is 4.16. The maximum absolute atomic E-state index is 13.6. The van der Waals surface area contributed by atoms with Crippen LogP contribution < -0.4 is 5.73 Å². The number of aromatic nitrogens is 3. The van der Waals surface area contributed by atoms with Gasteiger partial charge in [0.05, 0.1) is 28.4 Å². The van der Waals surface area contributed by atoms with Gasteiger partial charge in [0.15, 0.2) is 5.65 Å². The molecule has 1 aliphatic heterocycles. The van der Waals surface area contributed by atoms with E-state index in [0.29, 0.717) is 18.4 Å². The summed E-state index contributed by atoms with van der Waals surface area (Å²) < 4.78 is 81.0. The van der Waals surface area contributed by atoms with Gasteiger partial charge in [0.1, 0.15) is 11.6 Å². The fraction of sp³-hybridized carbons (Fsp3) is 0.333. The Hall–Kier alpha value is -2.73. The van der Waals surface area contributed by atoms with Crippen LogP contribution in [-0.2, 0) is 22.0 Å². The first-order valence-corrected chi connectivity index (χ1v) is 10.6. The molecule has 1 atom stereocenters. The lowest BCUT2D eigenvalue weighted by atomic mass is 10.1. The second-order valence-electron chi connectivity index (χ2n) is 7.08. The molecule has 0 amide bonds. The lowest BCUT2D eigenvalue weighted by molar-refractivity contribution is -0.136. The smallest absolute Gasteiger partial charge is 0.383 e. The standard InChI is InChI=1S/C18H17F4N5O2S/c19-11-5-3-10(4-6-11)9-30(28,29)27-7-1-2-14(27)13-8-12(18(20,21)22)15-16(23)25-26-17(15)24-13/h3-6,8,14H,1-2,7,9H2,(H3,23,24,25,26)/t14-/m1/s1. The third kappa shape index (κ3) is 3.72. The molecule has 0 unspecified atom stereocenters. The van der Waals surface area contributed by atoms with E-state index < -0.39 is 39.4 Å². The average molecular weight is 443 g/mol. The SMILES string of the molecule is Nc1[nH]nc2nc([C@H]3CCCN3S(=O)(=O)Cc3ccc(F)cc3)cc(C(F)(F)F)c12. The summed E-state index contributed by atoms with van der Waals surface area (Å²) in [6.45, 7) is 0.151. The number of anilines is 1. The number of nitrogens with zero attached hydrogens (tertiary/aromatic N) is 3. The van der Waals surface area contributed by atoms with Crippen molar-refractivity contribution in [1.82, 2.24) is 19.5 Å². The zero-order valence-corrected chi connectivity index (χ0v) is 16.3. The van der Waals surface area contributed by atoms with Crippen molar-refractivity contribution in [3.8, 4) is 0 Å². The van der Waals surface area contributed by atoms with E-state index in [1.807, 2.05) is 0 Å². The Morgan fingerprint density at radius 3 is 2.60 bits per heavy atom. The van der Waals surface area contributed by atoms with Gasteiger partial charge in [0.2, 0.25) is 10.0 Å². The number of nitrogen functional groups attached to an aromatic ring is 1. The van der Waals surface area contributed by atoms with Crippen molar-refractivity contribution in [2.45, 2.75) is 30.8 Å². The molecule has 0 spiro atoms. The highest BCUT2D eigenvalue weighted by molar-refractivity contribution is 7.88. The van der Waals surface area contributed by atoms with E-state index in [9.17, 15) is 26.0 Å². The first-order valence-electron chi connectivity index (χ1n) is 9.02. The first-order chi connectivity index (χ1) is 14.1. The highest BCUT2D eigenvalue weighted by Crippen LogP contribution is 2.40. The Morgan fingerprint density at radius 2 is 1.93 bits per heavy atom. The Bertz CT molecular complexity index is 1190. The summed E-state index contributed by atoms with van der Waals surface area (Å²) in [6, 6.07) is 5.00. The van der Waals surface area contributed by atoms with Gasteiger partial charge in [0, 0.05) is 6.54 Å². The molecule has 160 valence electrons. The first kappa shape index (κ1) is 20.5. The summed E-state index contributed by atoms with van der Waals surface area (Å²) in [5.74, 6) is -1.15. The summed E-state index contributed by atoms with van der Waals surface area (Å²) >= 11 is 0. The zero-order valence-electron chi connectivity index (χ0n) is 15.4. The summed E-state index contributed by atoms with van der Waals surface area (Å²) in [5.41, 5.74) is 4.68. The number of hydrogen-bond donors (Lipinski definition) is 2. The largest absolute Gasteiger partial charge is 0.417 e. The van der Waals surface area contributed by atoms with Crippen LogP contribution >= 0.6 is 0 Å². The fourth-order valence-electron chi connectivity index (χ4n) is 3.70. The lowest BCUT2D eigenvalue weighted by Crippen LogP contribution is -2.32. The van der Waals surface area contributed by atoms with Crippen molar-refractivity contribution in [1.29, 1.82) is 0 Å². The van der Waals surface area contributed by atoms with Gasteiger partial charge in [-0.05, 0) is 36.6 Å². The van der Waals surface area contributed by atoms with Crippen LogP contribution in [0.3, 0.4) is 0 Å². The summed E-state index contributed by atoms with van der Waals surface area (Å²) in [5, 5.41) is 5.67. The van der Waals surface area contributed by atoms with Gasteiger partial charge in [-0.3, -0.25) is 5.10 Å². The van der Waals surface area contributed by atoms with Gasteiger partial charge in [0.25, 0.3) is 0 Å². The number of hydrogen-bond acceptors (Lipinski definition) is 5. The molecule has 0 bridgehead atoms. The third-order valence-electron chi connectivity index (χ3n) is 5.04. The van der Waals surface area contributed by atoms with E-state index in [0.717, 1.165) is 22.5 Å². The molecule has 0 saturated carbocycles. The Kier molecular flexibility index (Phi) is 4.93. The Morgan fingerprint density at radius 1 is 1.23 bits per heavy atom. The van der Waals surface area contributed by atoms with Crippen molar-refractivity contribution in [2.24, 2.45) is 0 Å². The molecule has 3 N–H and O–H groups in total. The van der Waals surface area contributed by atoms with Gasteiger partial charge >= 0.3 is 6.18 Å². The minimum Gasteiger partial charge on any atom is -0.383 e. The highest BCUT2D eigenvalue weighted by atomic mass is 32.2. The van der Waals surface area contributed by atoms with E-state index >= 15 is 0 Å². The minimum atomic E-state index is -4.72. The highest BCUT2D eigenvalue weighted by Gasteiger charge is 2.40. The second kappa shape index (κ2) is 7.20. The number of aromatic amines is 1. The second-order valence-corrected chi connectivity index (χ2v) is 9.00. The number of nitrogens with two attached hydrogens (primary N) is 1. The maximum Gasteiger partial charge on any atom is 0.417 e. The van der Waals surface area contributed by atoms with E-state index in [1.165, 1.54) is 12.1 Å². The minimum absolute atomic E-state index is 0.0403. The van der Waals surface area contributed by atoms with Gasteiger partial charge in [-0.25, -0.2) is 17.8 Å². The van der Waals surface area contributed by atoms with Gasteiger partial charge < -0.3 is 5.73 Å². The molecule has 0 aliphatic carbocycles. The number of benzene rings is 1. The molecule has 1 fully saturated rings. The molecule has 0 radical (unpaired) electrons. The number of fused-ring (bicyclic) bond motifs is 1. The predicted octanol–water partition coefficient (Wildman–Crippen LogP) is 3.36. The Balaban J connectivity index is 1.73. The molecule has 30 heavy (non-hydrogen) atoms. The number of halogens is 4. The number of nitrogens with one attached hydrogen (secondary N) is 1. The average Bonchev–Trinajstić information content (AvgIpc) is 3.30. The van der Waals surface area contributed by atoms with E-state index in [2.05, 4.69) is 15.2 Å². The van der Waals surface area contributed by atoms with Gasteiger partial charge in [-0.1, -0.05) is 12.1 Å². The van der Waals surface area contributed by atoms with Crippen LogP contribution in [0.5, 0.6) is 0 Å². The lowest BCUT2D eigenvalue weighted by Gasteiger charge is -2.24. The molecular formula is C18H17F4N5O2S. The third-order valence-corrected chi connectivity index (χ3v) is 6.89. The molecule has 12 heteroatoms. The zero-order chi connectivity index (χ0) is 21.7. The molecule has 1 saturated heterocycles. The van der Waals surface area contributed by atoms with E-state index in [-0.39, 0.29) is 29.1 Å². The van der Waals surface area contributed by atoms with Gasteiger partial charge in [-0.2, -0.15) is 22.6 Å². The molecule has 1 aromatic carbocycles. The number of pyridine rings is 1. The molecule has 3 aromatic rings. The molecule has 1 aliphatic rings. The molecule has 4 rings (SSSR count). The van der Waals surface area contributed by atoms with Crippen molar-refractivity contribution < 1.29 is 26.0 Å². The van der Waals surface area contributed by atoms with E-state index in [4.69, 9.17) is 5.73 Å². The van der Waals surface area contributed by atoms with Crippen molar-refractivity contribution in [3.63, 3.8) is 0 Å². The molecule has 7 nitrogen and oxygen atoms in total. The predicted molar refractivity (Wildman–Crippen MR) is 101 cm³/mol.